The number of amides is 1. The summed E-state index contributed by atoms with van der Waals surface area (Å²) in [6, 6.07) is 7.39. The molecule has 6 nitrogen and oxygen atoms in total. The number of methoxy groups -OCH3 is 1. The fourth-order valence-corrected chi connectivity index (χ4v) is 3.61. The highest BCUT2D eigenvalue weighted by atomic mass is 16.5. The number of carbonyl (C=O) groups excluding carboxylic acids is 1. The zero-order valence-corrected chi connectivity index (χ0v) is 14.6. The molecule has 2 heterocycles. The molecule has 1 aromatic carbocycles. The Bertz CT molecular complexity index is 753. The van der Waals surface area contributed by atoms with Crippen LogP contribution in [0, 0.1) is 5.92 Å². The van der Waals surface area contributed by atoms with Gasteiger partial charge in [0.2, 0.25) is 0 Å². The van der Waals surface area contributed by atoms with Crippen molar-refractivity contribution in [2.24, 2.45) is 5.92 Å². The maximum atomic E-state index is 13.1. The van der Waals surface area contributed by atoms with E-state index in [-0.39, 0.29) is 11.9 Å². The first-order valence-electron chi connectivity index (χ1n) is 9.09. The van der Waals surface area contributed by atoms with E-state index in [9.17, 15) is 4.79 Å². The van der Waals surface area contributed by atoms with Gasteiger partial charge in [-0.25, -0.2) is 0 Å². The third kappa shape index (κ3) is 3.38. The third-order valence-corrected chi connectivity index (χ3v) is 5.18. The molecule has 1 aliphatic heterocycles. The van der Waals surface area contributed by atoms with E-state index in [1.165, 1.54) is 12.8 Å². The molecule has 2 fully saturated rings. The first-order valence-corrected chi connectivity index (χ1v) is 9.09. The predicted molar refractivity (Wildman–Crippen MR) is 93.4 cm³/mol. The SMILES string of the molecule is COc1cccc(C(=O)N2CCCCC2c2nncn2CC2CC2)c1. The summed E-state index contributed by atoms with van der Waals surface area (Å²) in [7, 11) is 1.62. The fraction of sp³-hybridized carbons (Fsp3) is 0.526. The average Bonchev–Trinajstić information content (AvgIpc) is 3.36. The summed E-state index contributed by atoms with van der Waals surface area (Å²) >= 11 is 0. The Hall–Kier alpha value is -2.37. The standard InChI is InChI=1S/C19H24N4O2/c1-25-16-6-4-5-15(11-16)19(24)23-10-3-2-7-17(23)18-21-20-13-22(18)12-14-8-9-14/h4-6,11,13-14,17H,2-3,7-10,12H2,1H3. The number of nitrogens with zero attached hydrogens (tertiary/aromatic N) is 4. The van der Waals surface area contributed by atoms with E-state index in [0.717, 1.165) is 44.1 Å². The van der Waals surface area contributed by atoms with E-state index in [4.69, 9.17) is 4.74 Å². The zero-order chi connectivity index (χ0) is 17.2. The summed E-state index contributed by atoms with van der Waals surface area (Å²) < 4.78 is 7.42. The Morgan fingerprint density at radius 1 is 1.28 bits per heavy atom. The van der Waals surface area contributed by atoms with Gasteiger partial charge >= 0.3 is 0 Å². The number of benzene rings is 1. The van der Waals surface area contributed by atoms with Gasteiger partial charge in [-0.05, 0) is 56.2 Å². The van der Waals surface area contributed by atoms with Crippen molar-refractivity contribution in [3.63, 3.8) is 0 Å². The van der Waals surface area contributed by atoms with Gasteiger partial charge in [-0.2, -0.15) is 0 Å². The molecule has 1 aliphatic carbocycles. The van der Waals surface area contributed by atoms with Crippen LogP contribution in [-0.4, -0.2) is 39.2 Å². The first kappa shape index (κ1) is 16.1. The van der Waals surface area contributed by atoms with Gasteiger partial charge in [0.25, 0.3) is 5.91 Å². The Morgan fingerprint density at radius 2 is 2.16 bits per heavy atom. The predicted octanol–water partition coefficient (Wildman–Crippen LogP) is 3.06. The molecule has 1 saturated heterocycles. The van der Waals surface area contributed by atoms with E-state index < -0.39 is 0 Å². The molecule has 1 aromatic heterocycles. The van der Waals surface area contributed by atoms with Crippen molar-refractivity contribution in [3.05, 3.63) is 42.0 Å². The molecule has 4 rings (SSSR count). The highest BCUT2D eigenvalue weighted by Gasteiger charge is 2.33. The second-order valence-electron chi connectivity index (χ2n) is 7.03. The molecular formula is C19H24N4O2. The Balaban J connectivity index is 1.60. The van der Waals surface area contributed by atoms with E-state index in [2.05, 4.69) is 14.8 Å². The lowest BCUT2D eigenvalue weighted by atomic mass is 10.00. The van der Waals surface area contributed by atoms with Gasteiger partial charge in [0.15, 0.2) is 5.82 Å². The van der Waals surface area contributed by atoms with Crippen LogP contribution in [-0.2, 0) is 6.54 Å². The summed E-state index contributed by atoms with van der Waals surface area (Å²) in [5.41, 5.74) is 0.666. The minimum atomic E-state index is 0.00806. The van der Waals surface area contributed by atoms with Gasteiger partial charge in [-0.1, -0.05) is 6.07 Å². The van der Waals surface area contributed by atoms with Crippen LogP contribution in [0.2, 0.25) is 0 Å². The van der Waals surface area contributed by atoms with Crippen molar-refractivity contribution >= 4 is 5.91 Å². The monoisotopic (exact) mass is 340 g/mol. The Kier molecular flexibility index (Phi) is 4.42. The average molecular weight is 340 g/mol. The van der Waals surface area contributed by atoms with Crippen LogP contribution in [0.3, 0.4) is 0 Å². The van der Waals surface area contributed by atoms with Crippen molar-refractivity contribution in [1.29, 1.82) is 0 Å². The van der Waals surface area contributed by atoms with Crippen LogP contribution in [0.15, 0.2) is 30.6 Å². The van der Waals surface area contributed by atoms with Gasteiger partial charge in [-0.3, -0.25) is 4.79 Å². The topological polar surface area (TPSA) is 60.2 Å². The molecule has 0 spiro atoms. The fourth-order valence-electron chi connectivity index (χ4n) is 3.61. The van der Waals surface area contributed by atoms with Crippen LogP contribution >= 0.6 is 0 Å². The van der Waals surface area contributed by atoms with Crippen LogP contribution < -0.4 is 4.74 Å². The molecule has 1 saturated carbocycles. The molecule has 2 aliphatic rings. The highest BCUT2D eigenvalue weighted by Crippen LogP contribution is 2.34. The highest BCUT2D eigenvalue weighted by molar-refractivity contribution is 5.95. The van der Waals surface area contributed by atoms with Crippen LogP contribution in [0.1, 0.15) is 54.3 Å². The first-order chi connectivity index (χ1) is 12.3. The number of hydrogen-bond donors (Lipinski definition) is 0. The van der Waals surface area contributed by atoms with Crippen molar-refractivity contribution in [2.75, 3.05) is 13.7 Å². The van der Waals surface area contributed by atoms with Gasteiger partial charge in [0.05, 0.1) is 13.2 Å². The van der Waals surface area contributed by atoms with E-state index in [1.54, 1.807) is 7.11 Å². The van der Waals surface area contributed by atoms with Crippen LogP contribution in [0.25, 0.3) is 0 Å². The summed E-state index contributed by atoms with van der Waals surface area (Å²) in [4.78, 5) is 15.1. The third-order valence-electron chi connectivity index (χ3n) is 5.18. The quantitative estimate of drug-likeness (QED) is 0.839. The van der Waals surface area contributed by atoms with E-state index in [1.807, 2.05) is 35.5 Å². The molecule has 2 aromatic rings. The second-order valence-corrected chi connectivity index (χ2v) is 7.03. The molecule has 1 atom stereocenters. The minimum Gasteiger partial charge on any atom is -0.497 e. The van der Waals surface area contributed by atoms with Crippen LogP contribution in [0.5, 0.6) is 5.75 Å². The Morgan fingerprint density at radius 3 is 2.96 bits per heavy atom. The summed E-state index contributed by atoms with van der Waals surface area (Å²) in [6.45, 7) is 1.73. The molecule has 132 valence electrons. The summed E-state index contributed by atoms with van der Waals surface area (Å²) in [5.74, 6) is 2.43. The molecule has 0 N–H and O–H groups in total. The van der Waals surface area contributed by atoms with Crippen molar-refractivity contribution in [3.8, 4) is 5.75 Å². The van der Waals surface area contributed by atoms with Gasteiger partial charge < -0.3 is 14.2 Å². The number of carbonyl (C=O) groups is 1. The lowest BCUT2D eigenvalue weighted by Crippen LogP contribution is -2.39. The molecule has 0 bridgehead atoms. The number of rotatable bonds is 5. The lowest BCUT2D eigenvalue weighted by Gasteiger charge is -2.35. The largest absolute Gasteiger partial charge is 0.497 e. The van der Waals surface area contributed by atoms with Crippen LogP contribution in [0.4, 0.5) is 0 Å². The van der Waals surface area contributed by atoms with Gasteiger partial charge in [0, 0.05) is 18.7 Å². The number of aromatic nitrogens is 3. The van der Waals surface area contributed by atoms with Gasteiger partial charge in [0.1, 0.15) is 12.1 Å². The normalized spacial score (nSPS) is 20.5. The number of piperidine rings is 1. The molecule has 1 unspecified atom stereocenters. The van der Waals surface area contributed by atoms with Gasteiger partial charge in [-0.15, -0.1) is 10.2 Å². The van der Waals surface area contributed by atoms with E-state index >= 15 is 0 Å². The van der Waals surface area contributed by atoms with E-state index in [0.29, 0.717) is 11.3 Å². The van der Waals surface area contributed by atoms with Crippen molar-refractivity contribution in [1.82, 2.24) is 19.7 Å². The Labute approximate surface area is 147 Å². The maximum Gasteiger partial charge on any atom is 0.254 e. The van der Waals surface area contributed by atoms with Crippen molar-refractivity contribution < 1.29 is 9.53 Å². The summed E-state index contributed by atoms with van der Waals surface area (Å²) in [5, 5.41) is 8.50. The maximum absolute atomic E-state index is 13.1. The molecule has 1 amide bonds. The smallest absolute Gasteiger partial charge is 0.254 e. The van der Waals surface area contributed by atoms with Crippen molar-refractivity contribution in [2.45, 2.75) is 44.7 Å². The number of ether oxygens (including phenoxy) is 1. The summed E-state index contributed by atoms with van der Waals surface area (Å²) in [6.07, 6.45) is 7.48. The molecule has 6 heteroatoms. The number of likely N-dealkylation sites (tertiary alicyclic amines) is 1. The lowest BCUT2D eigenvalue weighted by molar-refractivity contribution is 0.0594. The number of hydrogen-bond acceptors (Lipinski definition) is 4. The second kappa shape index (κ2) is 6.86. The molecular weight excluding hydrogens is 316 g/mol. The molecule has 25 heavy (non-hydrogen) atoms. The molecule has 0 radical (unpaired) electrons. The zero-order valence-electron chi connectivity index (χ0n) is 14.6. The minimum absolute atomic E-state index is 0.00806.